The van der Waals surface area contributed by atoms with Gasteiger partial charge in [-0.15, -0.1) is 0 Å². The van der Waals surface area contributed by atoms with E-state index in [4.69, 9.17) is 0 Å². The van der Waals surface area contributed by atoms with Crippen LogP contribution in [0.2, 0.25) is 0 Å². The monoisotopic (exact) mass is 386 g/mol. The van der Waals surface area contributed by atoms with Gasteiger partial charge in [0, 0.05) is 32.7 Å². The fourth-order valence-electron chi connectivity index (χ4n) is 3.44. The molecule has 5 heteroatoms. The van der Waals surface area contributed by atoms with Gasteiger partial charge in [0.05, 0.1) is 4.90 Å². The van der Waals surface area contributed by atoms with Crippen LogP contribution in [0, 0.1) is 6.92 Å². The molecule has 0 saturated carbocycles. The van der Waals surface area contributed by atoms with Crippen molar-refractivity contribution in [2.45, 2.75) is 44.6 Å². The Kier molecular flexibility index (Phi) is 6.68. The summed E-state index contributed by atoms with van der Waals surface area (Å²) < 4.78 is 27.5. The number of hydrogen-bond acceptors (Lipinski definition) is 3. The van der Waals surface area contributed by atoms with Crippen LogP contribution in [0.3, 0.4) is 0 Å². The first-order valence-electron chi connectivity index (χ1n) is 9.86. The second-order valence-corrected chi connectivity index (χ2v) is 9.35. The third kappa shape index (κ3) is 5.18. The molecule has 4 nitrogen and oxygen atoms in total. The van der Waals surface area contributed by atoms with Gasteiger partial charge in [0.15, 0.2) is 0 Å². The quantitative estimate of drug-likeness (QED) is 0.726. The molecule has 0 spiro atoms. The topological polar surface area (TPSA) is 40.6 Å². The zero-order valence-electron chi connectivity index (χ0n) is 16.4. The summed E-state index contributed by atoms with van der Waals surface area (Å²) in [5.74, 6) is 0. The Morgan fingerprint density at radius 3 is 2.04 bits per heavy atom. The molecular weight excluding hydrogens is 356 g/mol. The van der Waals surface area contributed by atoms with Crippen LogP contribution >= 0.6 is 0 Å². The SMILES string of the molecule is CCCCc1ccc(S(=O)(=O)N2CCN(Cc3ccc(C)cc3)CC2)cc1. The Labute approximate surface area is 163 Å². The largest absolute Gasteiger partial charge is 0.296 e. The minimum absolute atomic E-state index is 0.412. The van der Waals surface area contributed by atoms with Crippen LogP contribution in [0.15, 0.2) is 53.4 Å². The lowest BCUT2D eigenvalue weighted by Crippen LogP contribution is -2.48. The first-order valence-corrected chi connectivity index (χ1v) is 11.3. The highest BCUT2D eigenvalue weighted by Gasteiger charge is 2.28. The Bertz CT molecular complexity index is 822. The van der Waals surface area contributed by atoms with Gasteiger partial charge >= 0.3 is 0 Å². The Morgan fingerprint density at radius 2 is 1.44 bits per heavy atom. The molecule has 0 atom stereocenters. The standard InChI is InChI=1S/C22H30N2O2S/c1-3-4-5-20-10-12-22(13-11-20)27(25,26)24-16-14-23(15-17-24)18-21-8-6-19(2)7-9-21/h6-13H,3-5,14-18H2,1-2H3. The highest BCUT2D eigenvalue weighted by Crippen LogP contribution is 2.20. The van der Waals surface area contributed by atoms with E-state index < -0.39 is 10.0 Å². The summed E-state index contributed by atoms with van der Waals surface area (Å²) in [6, 6.07) is 16.0. The maximum Gasteiger partial charge on any atom is 0.243 e. The Balaban J connectivity index is 1.58. The molecule has 1 heterocycles. The molecular formula is C22H30N2O2S. The van der Waals surface area contributed by atoms with Gasteiger partial charge in [-0.3, -0.25) is 4.90 Å². The molecule has 0 bridgehead atoms. The van der Waals surface area contributed by atoms with Crippen LogP contribution in [0.1, 0.15) is 36.5 Å². The van der Waals surface area contributed by atoms with E-state index in [2.05, 4.69) is 43.0 Å². The van der Waals surface area contributed by atoms with E-state index in [0.717, 1.165) is 38.9 Å². The summed E-state index contributed by atoms with van der Waals surface area (Å²) in [6.45, 7) is 7.75. The molecule has 1 aliphatic rings. The molecule has 0 aliphatic carbocycles. The fourth-order valence-corrected chi connectivity index (χ4v) is 4.86. The summed E-state index contributed by atoms with van der Waals surface area (Å²) in [6.07, 6.45) is 3.29. The van der Waals surface area contributed by atoms with Crippen LogP contribution in [0.25, 0.3) is 0 Å². The number of rotatable bonds is 7. The molecule has 2 aromatic rings. The van der Waals surface area contributed by atoms with Crippen molar-refractivity contribution in [2.24, 2.45) is 0 Å². The Hall–Kier alpha value is -1.69. The van der Waals surface area contributed by atoms with Crippen molar-refractivity contribution in [3.8, 4) is 0 Å². The number of benzene rings is 2. The summed E-state index contributed by atoms with van der Waals surface area (Å²) in [5.41, 5.74) is 3.74. The van der Waals surface area contributed by atoms with Crippen molar-refractivity contribution in [1.29, 1.82) is 0 Å². The lowest BCUT2D eigenvalue weighted by Gasteiger charge is -2.34. The van der Waals surface area contributed by atoms with Crippen LogP contribution < -0.4 is 0 Å². The smallest absolute Gasteiger partial charge is 0.243 e. The second kappa shape index (κ2) is 9.00. The molecule has 0 amide bonds. The first-order chi connectivity index (χ1) is 13.0. The van der Waals surface area contributed by atoms with Crippen molar-refractivity contribution in [3.63, 3.8) is 0 Å². The van der Waals surface area contributed by atoms with Crippen molar-refractivity contribution >= 4 is 10.0 Å². The molecule has 0 radical (unpaired) electrons. The average molecular weight is 387 g/mol. The molecule has 0 unspecified atom stereocenters. The maximum atomic E-state index is 12.9. The molecule has 1 saturated heterocycles. The highest BCUT2D eigenvalue weighted by atomic mass is 32.2. The number of unbranched alkanes of at least 4 members (excludes halogenated alkanes) is 1. The van der Waals surface area contributed by atoms with Crippen LogP contribution in [0.5, 0.6) is 0 Å². The van der Waals surface area contributed by atoms with E-state index in [9.17, 15) is 8.42 Å². The Morgan fingerprint density at radius 1 is 0.852 bits per heavy atom. The van der Waals surface area contributed by atoms with Gasteiger partial charge in [-0.1, -0.05) is 55.3 Å². The van der Waals surface area contributed by atoms with Crippen molar-refractivity contribution in [1.82, 2.24) is 9.21 Å². The van der Waals surface area contributed by atoms with E-state index in [1.54, 1.807) is 16.4 Å². The van der Waals surface area contributed by atoms with Gasteiger partial charge in [-0.05, 0) is 43.0 Å². The van der Waals surface area contributed by atoms with E-state index in [-0.39, 0.29) is 0 Å². The van der Waals surface area contributed by atoms with Gasteiger partial charge in [-0.2, -0.15) is 4.31 Å². The van der Waals surface area contributed by atoms with Gasteiger partial charge < -0.3 is 0 Å². The number of nitrogens with zero attached hydrogens (tertiary/aromatic N) is 2. The molecule has 2 aromatic carbocycles. The fraction of sp³-hybridized carbons (Fsp3) is 0.455. The van der Waals surface area contributed by atoms with Crippen LogP contribution in [0.4, 0.5) is 0 Å². The molecule has 27 heavy (non-hydrogen) atoms. The average Bonchev–Trinajstić information content (AvgIpc) is 2.69. The summed E-state index contributed by atoms with van der Waals surface area (Å²) in [5, 5.41) is 0. The van der Waals surface area contributed by atoms with E-state index in [1.807, 2.05) is 12.1 Å². The predicted octanol–water partition coefficient (Wildman–Crippen LogP) is 3.84. The van der Waals surface area contributed by atoms with Crippen LogP contribution in [-0.4, -0.2) is 43.8 Å². The molecule has 3 rings (SSSR count). The minimum atomic E-state index is -3.39. The lowest BCUT2D eigenvalue weighted by atomic mass is 10.1. The minimum Gasteiger partial charge on any atom is -0.296 e. The first kappa shape index (κ1) is 20.1. The van der Waals surface area contributed by atoms with Crippen LogP contribution in [-0.2, 0) is 23.0 Å². The molecule has 0 N–H and O–H groups in total. The van der Waals surface area contributed by atoms with E-state index >= 15 is 0 Å². The third-order valence-corrected chi connectivity index (χ3v) is 7.15. The molecule has 1 fully saturated rings. The van der Waals surface area contributed by atoms with Crippen molar-refractivity contribution in [3.05, 3.63) is 65.2 Å². The highest BCUT2D eigenvalue weighted by molar-refractivity contribution is 7.89. The number of piperazine rings is 1. The number of aryl methyl sites for hydroxylation is 2. The van der Waals surface area contributed by atoms with Gasteiger partial charge in [0.1, 0.15) is 0 Å². The predicted molar refractivity (Wildman–Crippen MR) is 110 cm³/mol. The number of sulfonamides is 1. The van der Waals surface area contributed by atoms with E-state index in [1.165, 1.54) is 16.7 Å². The zero-order valence-corrected chi connectivity index (χ0v) is 17.2. The lowest BCUT2D eigenvalue weighted by molar-refractivity contribution is 0.181. The number of hydrogen-bond donors (Lipinski definition) is 0. The molecule has 146 valence electrons. The van der Waals surface area contributed by atoms with Gasteiger partial charge in [-0.25, -0.2) is 8.42 Å². The van der Waals surface area contributed by atoms with Crippen molar-refractivity contribution in [2.75, 3.05) is 26.2 Å². The summed E-state index contributed by atoms with van der Waals surface area (Å²) in [7, 11) is -3.39. The molecule has 0 aromatic heterocycles. The molecule has 1 aliphatic heterocycles. The zero-order chi connectivity index (χ0) is 19.3. The maximum absolute atomic E-state index is 12.9. The normalized spacial score (nSPS) is 16.5. The summed E-state index contributed by atoms with van der Waals surface area (Å²) >= 11 is 0. The summed E-state index contributed by atoms with van der Waals surface area (Å²) in [4.78, 5) is 2.74. The van der Waals surface area contributed by atoms with Gasteiger partial charge in [0.2, 0.25) is 10.0 Å². The third-order valence-electron chi connectivity index (χ3n) is 5.24. The second-order valence-electron chi connectivity index (χ2n) is 7.41. The van der Waals surface area contributed by atoms with Gasteiger partial charge in [0.25, 0.3) is 0 Å². The van der Waals surface area contributed by atoms with E-state index in [0.29, 0.717) is 18.0 Å². The van der Waals surface area contributed by atoms with Crippen molar-refractivity contribution < 1.29 is 8.42 Å².